The summed E-state index contributed by atoms with van der Waals surface area (Å²) in [5, 5.41) is 0. The van der Waals surface area contributed by atoms with E-state index in [0.717, 1.165) is 19.5 Å². The zero-order valence-corrected chi connectivity index (χ0v) is 17.4. The van der Waals surface area contributed by atoms with Gasteiger partial charge in [-0.1, -0.05) is 77.0 Å². The average molecular weight is 367 g/mol. The van der Waals surface area contributed by atoms with Crippen molar-refractivity contribution in [1.29, 1.82) is 0 Å². The zero-order valence-electron chi connectivity index (χ0n) is 17.4. The van der Waals surface area contributed by atoms with E-state index in [1.54, 1.807) is 0 Å². The number of likely N-dealkylation sites (N-methyl/N-ethyl adjacent to an activating group) is 1. The minimum atomic E-state index is -0.0687. The van der Waals surface area contributed by atoms with Crippen LogP contribution in [0.5, 0.6) is 0 Å². The molecule has 0 saturated carbocycles. The maximum atomic E-state index is 11.0. The molecule has 0 saturated heterocycles. The van der Waals surface area contributed by atoms with Gasteiger partial charge in [0, 0.05) is 26.4 Å². The Labute approximate surface area is 161 Å². The molecule has 4 nitrogen and oxygen atoms in total. The minimum absolute atomic E-state index is 0.0687. The summed E-state index contributed by atoms with van der Waals surface area (Å²) in [6, 6.07) is 0. The van der Waals surface area contributed by atoms with Crippen LogP contribution in [0, 0.1) is 0 Å². The highest BCUT2D eigenvalue weighted by atomic mass is 16.5. The van der Waals surface area contributed by atoms with E-state index >= 15 is 0 Å². The van der Waals surface area contributed by atoms with Crippen LogP contribution in [0.2, 0.25) is 0 Å². The fraction of sp³-hybridized carbons (Fsp3) is 0.909. The minimum Gasteiger partial charge on any atom is -0.469 e. The first-order valence-electron chi connectivity index (χ1n) is 11.1. The van der Waals surface area contributed by atoms with Crippen molar-refractivity contribution in [3.8, 4) is 0 Å². The standard InChI is InChI=1S/C22H42N2O2/c1-24-20-19-23-21(24)17-15-13-11-9-7-5-3-4-6-8-10-12-14-16-18-22(25)26-2/h3-20H2,1-2H3. The van der Waals surface area contributed by atoms with Gasteiger partial charge in [0.2, 0.25) is 0 Å². The first-order chi connectivity index (χ1) is 12.7. The quantitative estimate of drug-likeness (QED) is 0.243. The number of rotatable bonds is 17. The van der Waals surface area contributed by atoms with Crippen molar-refractivity contribution >= 4 is 11.8 Å². The molecule has 26 heavy (non-hydrogen) atoms. The highest BCUT2D eigenvalue weighted by Gasteiger charge is 2.10. The number of aliphatic imine (C=N–C) groups is 1. The van der Waals surface area contributed by atoms with Crippen LogP contribution in [-0.2, 0) is 9.53 Å². The Balaban J connectivity index is 1.70. The molecule has 0 amide bonds. The van der Waals surface area contributed by atoms with Crippen LogP contribution < -0.4 is 0 Å². The molecule has 1 aliphatic rings. The summed E-state index contributed by atoms with van der Waals surface area (Å²) < 4.78 is 4.65. The SMILES string of the molecule is COC(=O)CCCCCCCCCCCCCCCCC1=NCCN1C. The number of amidine groups is 1. The number of carbonyl (C=O) groups excluding carboxylic acids is 1. The molecule has 0 unspecified atom stereocenters. The Kier molecular flexibility index (Phi) is 14.3. The third kappa shape index (κ3) is 12.3. The number of nitrogens with zero attached hydrogens (tertiary/aromatic N) is 2. The number of ether oxygens (including phenoxy) is 1. The first-order valence-corrected chi connectivity index (χ1v) is 11.1. The van der Waals surface area contributed by atoms with E-state index in [0.29, 0.717) is 6.42 Å². The van der Waals surface area contributed by atoms with Crippen LogP contribution in [0.15, 0.2) is 4.99 Å². The van der Waals surface area contributed by atoms with E-state index in [4.69, 9.17) is 0 Å². The van der Waals surface area contributed by atoms with E-state index in [2.05, 4.69) is 21.7 Å². The van der Waals surface area contributed by atoms with Crippen molar-refractivity contribution < 1.29 is 9.53 Å². The van der Waals surface area contributed by atoms with Gasteiger partial charge in [0.15, 0.2) is 0 Å². The molecule has 0 aromatic carbocycles. The highest BCUT2D eigenvalue weighted by molar-refractivity contribution is 5.83. The molecule has 4 heteroatoms. The van der Waals surface area contributed by atoms with Crippen LogP contribution in [0.4, 0.5) is 0 Å². The number of hydrogen-bond acceptors (Lipinski definition) is 4. The molecule has 1 aliphatic heterocycles. The number of unbranched alkanes of at least 4 members (excludes halogenated alkanes) is 13. The lowest BCUT2D eigenvalue weighted by molar-refractivity contribution is -0.140. The Bertz CT molecular complexity index is 382. The monoisotopic (exact) mass is 366 g/mol. The molecule has 0 aromatic heterocycles. The Morgan fingerprint density at radius 1 is 0.846 bits per heavy atom. The summed E-state index contributed by atoms with van der Waals surface area (Å²) in [7, 11) is 3.63. The number of esters is 1. The lowest BCUT2D eigenvalue weighted by atomic mass is 10.0. The lowest BCUT2D eigenvalue weighted by Crippen LogP contribution is -2.22. The second-order valence-electron chi connectivity index (χ2n) is 7.75. The maximum absolute atomic E-state index is 11.0. The van der Waals surface area contributed by atoms with E-state index in [-0.39, 0.29) is 5.97 Å². The van der Waals surface area contributed by atoms with E-state index in [1.165, 1.54) is 103 Å². The Morgan fingerprint density at radius 3 is 1.73 bits per heavy atom. The van der Waals surface area contributed by atoms with Gasteiger partial charge in [0.25, 0.3) is 0 Å². The molecule has 0 bridgehead atoms. The summed E-state index contributed by atoms with van der Waals surface area (Å²) in [4.78, 5) is 17.8. The maximum Gasteiger partial charge on any atom is 0.305 e. The number of methoxy groups -OCH3 is 1. The Morgan fingerprint density at radius 2 is 1.31 bits per heavy atom. The van der Waals surface area contributed by atoms with Gasteiger partial charge in [-0.25, -0.2) is 0 Å². The van der Waals surface area contributed by atoms with Gasteiger partial charge in [-0.3, -0.25) is 9.79 Å². The Hall–Kier alpha value is -1.06. The largest absolute Gasteiger partial charge is 0.469 e. The summed E-state index contributed by atoms with van der Waals surface area (Å²) in [5.74, 6) is 1.26. The average Bonchev–Trinajstić information content (AvgIpc) is 3.06. The molecule has 152 valence electrons. The van der Waals surface area contributed by atoms with E-state index in [1.807, 2.05) is 0 Å². The van der Waals surface area contributed by atoms with Gasteiger partial charge in [-0.05, 0) is 12.8 Å². The molecule has 0 spiro atoms. The second-order valence-corrected chi connectivity index (χ2v) is 7.75. The summed E-state index contributed by atoms with van der Waals surface area (Å²) >= 11 is 0. The van der Waals surface area contributed by atoms with Crippen LogP contribution in [0.3, 0.4) is 0 Å². The topological polar surface area (TPSA) is 41.9 Å². The van der Waals surface area contributed by atoms with Gasteiger partial charge in [0.1, 0.15) is 0 Å². The van der Waals surface area contributed by atoms with Gasteiger partial charge >= 0.3 is 5.97 Å². The van der Waals surface area contributed by atoms with Crippen molar-refractivity contribution in [2.24, 2.45) is 4.99 Å². The fourth-order valence-electron chi connectivity index (χ4n) is 3.62. The summed E-state index contributed by atoms with van der Waals surface area (Å²) in [6.07, 6.45) is 20.3. The molecule has 0 N–H and O–H groups in total. The van der Waals surface area contributed by atoms with E-state index < -0.39 is 0 Å². The number of hydrogen-bond donors (Lipinski definition) is 0. The second kappa shape index (κ2) is 16.1. The normalized spacial score (nSPS) is 13.9. The van der Waals surface area contributed by atoms with Crippen LogP contribution in [0.25, 0.3) is 0 Å². The lowest BCUT2D eigenvalue weighted by Gasteiger charge is -2.13. The van der Waals surface area contributed by atoms with Gasteiger partial charge in [0.05, 0.1) is 19.5 Å². The fourth-order valence-corrected chi connectivity index (χ4v) is 3.62. The summed E-state index contributed by atoms with van der Waals surface area (Å²) in [5.41, 5.74) is 0. The predicted molar refractivity (Wildman–Crippen MR) is 111 cm³/mol. The van der Waals surface area contributed by atoms with Crippen molar-refractivity contribution in [3.05, 3.63) is 0 Å². The predicted octanol–water partition coefficient (Wildman–Crippen LogP) is 5.74. The molecule has 0 aromatic rings. The summed E-state index contributed by atoms with van der Waals surface area (Å²) in [6.45, 7) is 2.12. The molecule has 0 fully saturated rings. The molecule has 1 heterocycles. The van der Waals surface area contributed by atoms with Crippen molar-refractivity contribution in [1.82, 2.24) is 4.90 Å². The van der Waals surface area contributed by atoms with Crippen LogP contribution in [0.1, 0.15) is 103 Å². The first kappa shape index (κ1) is 23.0. The van der Waals surface area contributed by atoms with Crippen molar-refractivity contribution in [3.63, 3.8) is 0 Å². The highest BCUT2D eigenvalue weighted by Crippen LogP contribution is 2.14. The van der Waals surface area contributed by atoms with E-state index in [9.17, 15) is 4.79 Å². The molecule has 0 aliphatic carbocycles. The molecule has 1 rings (SSSR count). The third-order valence-corrected chi connectivity index (χ3v) is 5.43. The molecular weight excluding hydrogens is 324 g/mol. The van der Waals surface area contributed by atoms with Crippen molar-refractivity contribution in [2.75, 3.05) is 27.2 Å². The molecule has 0 radical (unpaired) electrons. The molecule has 0 atom stereocenters. The smallest absolute Gasteiger partial charge is 0.305 e. The zero-order chi connectivity index (χ0) is 18.9. The van der Waals surface area contributed by atoms with Gasteiger partial charge < -0.3 is 9.64 Å². The van der Waals surface area contributed by atoms with Crippen LogP contribution in [-0.4, -0.2) is 44.0 Å². The van der Waals surface area contributed by atoms with Crippen LogP contribution >= 0.6 is 0 Å². The molecular formula is C22H42N2O2. The number of carbonyl (C=O) groups is 1. The van der Waals surface area contributed by atoms with Gasteiger partial charge in [-0.2, -0.15) is 0 Å². The third-order valence-electron chi connectivity index (χ3n) is 5.43. The van der Waals surface area contributed by atoms with Crippen molar-refractivity contribution in [2.45, 2.75) is 103 Å². The van der Waals surface area contributed by atoms with Gasteiger partial charge in [-0.15, -0.1) is 0 Å².